The fraction of sp³-hybridized carbons (Fsp3) is 0.455. The third-order valence-corrected chi connectivity index (χ3v) is 2.09. The topological polar surface area (TPSA) is 65.5 Å². The highest BCUT2D eigenvalue weighted by Crippen LogP contribution is 2.14. The lowest BCUT2D eigenvalue weighted by molar-refractivity contribution is 0.0698. The van der Waals surface area contributed by atoms with Crippen molar-refractivity contribution in [2.45, 2.75) is 13.0 Å². The van der Waals surface area contributed by atoms with Gasteiger partial charge >= 0.3 is 5.97 Å². The molecule has 0 fully saturated rings. The normalized spacial score (nSPS) is 12.5. The minimum Gasteiger partial charge on any atom is -0.478 e. The van der Waals surface area contributed by atoms with Crippen molar-refractivity contribution < 1.29 is 9.90 Å². The molecule has 1 aromatic heterocycles. The van der Waals surface area contributed by atoms with E-state index >= 15 is 0 Å². The van der Waals surface area contributed by atoms with Crippen LogP contribution in [0.25, 0.3) is 0 Å². The predicted molar refractivity (Wildman–Crippen MR) is 62.8 cm³/mol. The summed E-state index contributed by atoms with van der Waals surface area (Å²) in [5.41, 5.74) is 0.810. The Hall–Kier alpha value is -1.62. The molecule has 1 rings (SSSR count). The minimum absolute atomic E-state index is 0.164. The van der Waals surface area contributed by atoms with E-state index in [0.717, 1.165) is 6.54 Å². The molecule has 1 heterocycles. The van der Waals surface area contributed by atoms with Crippen LogP contribution >= 0.6 is 0 Å². The monoisotopic (exact) mass is 223 g/mol. The van der Waals surface area contributed by atoms with Gasteiger partial charge in [-0.15, -0.1) is 0 Å². The summed E-state index contributed by atoms with van der Waals surface area (Å²) in [4.78, 5) is 16.9. The minimum atomic E-state index is -0.943. The number of carboxylic acid groups (broad SMARTS) is 1. The van der Waals surface area contributed by atoms with Gasteiger partial charge in [-0.1, -0.05) is 0 Å². The third-order valence-electron chi connectivity index (χ3n) is 2.09. The zero-order chi connectivity index (χ0) is 12.1. The van der Waals surface area contributed by atoms with Crippen molar-refractivity contribution in [1.82, 2.24) is 9.88 Å². The Morgan fingerprint density at radius 3 is 2.88 bits per heavy atom. The lowest BCUT2D eigenvalue weighted by Gasteiger charge is -2.20. The van der Waals surface area contributed by atoms with E-state index in [4.69, 9.17) is 5.11 Å². The molecule has 0 saturated heterocycles. The quantitative estimate of drug-likeness (QED) is 0.783. The lowest BCUT2D eigenvalue weighted by Crippen LogP contribution is -2.30. The standard InChI is InChI=1S/C11H17N3O2/c1-8(7-14(2)3)13-10-6-12-5-4-9(10)11(15)16/h4-6,8,13H,7H2,1-3H3,(H,15,16). The van der Waals surface area contributed by atoms with E-state index < -0.39 is 5.97 Å². The molecule has 0 saturated carbocycles. The maximum Gasteiger partial charge on any atom is 0.337 e. The van der Waals surface area contributed by atoms with E-state index in [9.17, 15) is 4.79 Å². The molecule has 1 aromatic rings. The van der Waals surface area contributed by atoms with Gasteiger partial charge in [0.25, 0.3) is 0 Å². The van der Waals surface area contributed by atoms with Crippen LogP contribution in [0.15, 0.2) is 18.5 Å². The van der Waals surface area contributed by atoms with E-state index in [2.05, 4.69) is 10.3 Å². The van der Waals surface area contributed by atoms with Gasteiger partial charge in [0, 0.05) is 18.8 Å². The number of rotatable bonds is 5. The van der Waals surface area contributed by atoms with Crippen molar-refractivity contribution in [2.75, 3.05) is 26.0 Å². The average Bonchev–Trinajstić information content (AvgIpc) is 2.16. The number of likely N-dealkylation sites (N-methyl/N-ethyl adjacent to an activating group) is 1. The number of carboxylic acids is 1. The van der Waals surface area contributed by atoms with E-state index in [1.54, 1.807) is 0 Å². The molecule has 0 aliphatic carbocycles. The Labute approximate surface area is 95.1 Å². The second-order valence-corrected chi connectivity index (χ2v) is 4.03. The Bertz CT molecular complexity index is 366. The molecule has 0 bridgehead atoms. The summed E-state index contributed by atoms with van der Waals surface area (Å²) in [6.07, 6.45) is 3.01. The second-order valence-electron chi connectivity index (χ2n) is 4.03. The maximum atomic E-state index is 10.9. The highest BCUT2D eigenvalue weighted by Gasteiger charge is 2.11. The highest BCUT2D eigenvalue weighted by atomic mass is 16.4. The fourth-order valence-electron chi connectivity index (χ4n) is 1.55. The van der Waals surface area contributed by atoms with Gasteiger partial charge in [0.1, 0.15) is 0 Å². The van der Waals surface area contributed by atoms with Crippen LogP contribution in [0.4, 0.5) is 5.69 Å². The van der Waals surface area contributed by atoms with Crippen molar-refractivity contribution in [1.29, 1.82) is 0 Å². The summed E-state index contributed by atoms with van der Waals surface area (Å²) in [5.74, 6) is -0.943. The number of anilines is 1. The van der Waals surface area contributed by atoms with Gasteiger partial charge in [0.05, 0.1) is 17.4 Å². The van der Waals surface area contributed by atoms with Gasteiger partial charge in [0.2, 0.25) is 0 Å². The third kappa shape index (κ3) is 3.51. The maximum absolute atomic E-state index is 10.9. The smallest absolute Gasteiger partial charge is 0.337 e. The largest absolute Gasteiger partial charge is 0.478 e. The number of aromatic carboxylic acids is 1. The van der Waals surface area contributed by atoms with Crippen molar-refractivity contribution in [3.05, 3.63) is 24.0 Å². The summed E-state index contributed by atoms with van der Waals surface area (Å²) in [7, 11) is 3.94. The number of nitrogens with one attached hydrogen (secondary N) is 1. The molecule has 5 nitrogen and oxygen atoms in total. The summed E-state index contributed by atoms with van der Waals surface area (Å²) in [5, 5.41) is 12.1. The molecule has 5 heteroatoms. The van der Waals surface area contributed by atoms with Gasteiger partial charge < -0.3 is 15.3 Å². The van der Waals surface area contributed by atoms with Crippen molar-refractivity contribution in [3.8, 4) is 0 Å². The second kappa shape index (κ2) is 5.46. The zero-order valence-electron chi connectivity index (χ0n) is 9.77. The average molecular weight is 223 g/mol. The van der Waals surface area contributed by atoms with Crippen LogP contribution in [0.3, 0.4) is 0 Å². The molecular formula is C11H17N3O2. The number of hydrogen-bond donors (Lipinski definition) is 2. The first-order valence-electron chi connectivity index (χ1n) is 5.09. The molecule has 0 aliphatic heterocycles. The molecule has 0 aromatic carbocycles. The first-order valence-corrected chi connectivity index (χ1v) is 5.09. The molecular weight excluding hydrogens is 206 g/mol. The fourth-order valence-corrected chi connectivity index (χ4v) is 1.55. The number of carbonyl (C=O) groups is 1. The van der Waals surface area contributed by atoms with Crippen LogP contribution < -0.4 is 5.32 Å². The molecule has 0 aliphatic rings. The Balaban J connectivity index is 2.76. The summed E-state index contributed by atoms with van der Waals surface area (Å²) < 4.78 is 0. The molecule has 2 N–H and O–H groups in total. The zero-order valence-corrected chi connectivity index (χ0v) is 9.77. The highest BCUT2D eigenvalue weighted by molar-refractivity contribution is 5.93. The van der Waals surface area contributed by atoms with E-state index in [1.807, 2.05) is 25.9 Å². The van der Waals surface area contributed by atoms with Gasteiger partial charge in [-0.3, -0.25) is 4.98 Å². The van der Waals surface area contributed by atoms with Gasteiger partial charge in [0.15, 0.2) is 0 Å². The van der Waals surface area contributed by atoms with Crippen LogP contribution in [0, 0.1) is 0 Å². The Morgan fingerprint density at radius 1 is 1.62 bits per heavy atom. The molecule has 0 amide bonds. The van der Waals surface area contributed by atoms with Gasteiger partial charge in [-0.2, -0.15) is 0 Å². The molecule has 1 atom stereocenters. The van der Waals surface area contributed by atoms with Crippen molar-refractivity contribution >= 4 is 11.7 Å². The Kier molecular flexibility index (Phi) is 4.25. The predicted octanol–water partition coefficient (Wildman–Crippen LogP) is 1.14. The van der Waals surface area contributed by atoms with Crippen LogP contribution in [0.2, 0.25) is 0 Å². The SMILES string of the molecule is CC(CN(C)C)Nc1cnccc1C(=O)O. The van der Waals surface area contributed by atoms with Crippen LogP contribution in [-0.2, 0) is 0 Å². The summed E-state index contributed by atoms with van der Waals surface area (Å²) in [6.45, 7) is 2.83. The van der Waals surface area contributed by atoms with Crippen LogP contribution in [0.1, 0.15) is 17.3 Å². The summed E-state index contributed by atoms with van der Waals surface area (Å²) in [6, 6.07) is 1.66. The van der Waals surface area contributed by atoms with Gasteiger partial charge in [-0.25, -0.2) is 4.79 Å². The molecule has 0 radical (unpaired) electrons. The number of nitrogens with zero attached hydrogens (tertiary/aromatic N) is 2. The first kappa shape index (κ1) is 12.4. The number of hydrogen-bond acceptors (Lipinski definition) is 4. The lowest BCUT2D eigenvalue weighted by atomic mass is 10.2. The Morgan fingerprint density at radius 2 is 2.31 bits per heavy atom. The molecule has 0 spiro atoms. The molecule has 1 unspecified atom stereocenters. The van der Waals surface area contributed by atoms with Crippen LogP contribution in [0.5, 0.6) is 0 Å². The van der Waals surface area contributed by atoms with Crippen molar-refractivity contribution in [3.63, 3.8) is 0 Å². The van der Waals surface area contributed by atoms with Crippen LogP contribution in [-0.4, -0.2) is 47.6 Å². The molecule has 16 heavy (non-hydrogen) atoms. The van der Waals surface area contributed by atoms with E-state index in [0.29, 0.717) is 5.69 Å². The number of aromatic nitrogens is 1. The summed E-state index contributed by atoms with van der Waals surface area (Å²) >= 11 is 0. The van der Waals surface area contributed by atoms with Crippen molar-refractivity contribution in [2.24, 2.45) is 0 Å². The van der Waals surface area contributed by atoms with E-state index in [1.165, 1.54) is 18.5 Å². The molecule has 88 valence electrons. The van der Waals surface area contributed by atoms with Gasteiger partial charge in [-0.05, 0) is 27.1 Å². The number of pyridine rings is 1. The van der Waals surface area contributed by atoms with E-state index in [-0.39, 0.29) is 11.6 Å². The first-order chi connectivity index (χ1) is 7.50.